The van der Waals surface area contributed by atoms with Gasteiger partial charge in [0.2, 0.25) is 0 Å². The van der Waals surface area contributed by atoms with Gasteiger partial charge in [-0.25, -0.2) is 0 Å². The van der Waals surface area contributed by atoms with Crippen LogP contribution in [0.3, 0.4) is 0 Å². The fraction of sp³-hybridized carbons (Fsp3) is 0.467. The molecule has 0 bridgehead atoms. The molecule has 5 nitrogen and oxygen atoms in total. The molecule has 1 aromatic rings. The molecule has 0 heterocycles. The highest BCUT2D eigenvalue weighted by atomic mass is 31.2. The van der Waals surface area contributed by atoms with Gasteiger partial charge in [-0.3, -0.25) is 4.57 Å². The minimum absolute atomic E-state index is 0.417. The Morgan fingerprint density at radius 2 is 1.95 bits per heavy atom. The van der Waals surface area contributed by atoms with Crippen LogP contribution in [0.5, 0.6) is 0 Å². The molecule has 0 radical (unpaired) electrons. The molecule has 0 aliphatic carbocycles. The van der Waals surface area contributed by atoms with E-state index in [-0.39, 0.29) is 0 Å². The lowest BCUT2D eigenvalue weighted by atomic mass is 10.2. The van der Waals surface area contributed by atoms with Crippen molar-refractivity contribution >= 4 is 27.5 Å². The fourth-order valence-corrected chi connectivity index (χ4v) is 6.79. The minimum Gasteiger partial charge on any atom is -0.378 e. The highest BCUT2D eigenvalue weighted by Crippen LogP contribution is 2.49. The Hall–Kier alpha value is -0.753. The van der Waals surface area contributed by atoms with Crippen LogP contribution in [0, 0.1) is 0 Å². The van der Waals surface area contributed by atoms with E-state index in [1.54, 1.807) is 18.2 Å². The van der Waals surface area contributed by atoms with Crippen LogP contribution in [0.15, 0.2) is 30.8 Å². The van der Waals surface area contributed by atoms with E-state index in [9.17, 15) is 4.57 Å². The first-order valence-electron chi connectivity index (χ1n) is 7.29. The Bertz CT molecular complexity index is 533. The second-order valence-electron chi connectivity index (χ2n) is 5.41. The van der Waals surface area contributed by atoms with Crippen LogP contribution in [0.4, 0.5) is 0 Å². The fourth-order valence-electron chi connectivity index (χ4n) is 2.01. The lowest BCUT2D eigenvalue weighted by molar-refractivity contribution is 0.149. The average Bonchev–Trinajstić information content (AvgIpc) is 2.46. The van der Waals surface area contributed by atoms with Gasteiger partial charge in [-0.05, 0) is 37.2 Å². The zero-order chi connectivity index (χ0) is 16.8. The standard InChI is InChI=1S/C15H26NO4PSi/c1-6-8-15(16)19-22(4,5)20-21(17,18-3)14-11-9-13(7-2)10-12-14/h7,9-12,15H,2,6,8,16H2,1,3-5H3. The van der Waals surface area contributed by atoms with Crippen molar-refractivity contribution in [3.8, 4) is 0 Å². The highest BCUT2D eigenvalue weighted by molar-refractivity contribution is 7.63. The summed E-state index contributed by atoms with van der Waals surface area (Å²) in [6.07, 6.45) is 2.94. The lowest BCUT2D eigenvalue weighted by Gasteiger charge is -2.30. The molecule has 2 N–H and O–H groups in total. The Labute approximate surface area is 134 Å². The van der Waals surface area contributed by atoms with Gasteiger partial charge in [0.15, 0.2) is 0 Å². The van der Waals surface area contributed by atoms with Crippen LogP contribution < -0.4 is 11.0 Å². The first-order chi connectivity index (χ1) is 10.3. The van der Waals surface area contributed by atoms with Gasteiger partial charge < -0.3 is 18.9 Å². The maximum atomic E-state index is 13.0. The third-order valence-corrected chi connectivity index (χ3v) is 8.04. The molecule has 22 heavy (non-hydrogen) atoms. The van der Waals surface area contributed by atoms with Crippen LogP contribution in [-0.2, 0) is 17.7 Å². The summed E-state index contributed by atoms with van der Waals surface area (Å²) >= 11 is 0. The third kappa shape index (κ3) is 5.46. The van der Waals surface area contributed by atoms with Gasteiger partial charge in [0.05, 0.1) is 11.5 Å². The molecule has 0 saturated carbocycles. The molecular formula is C15H26NO4PSi. The summed E-state index contributed by atoms with van der Waals surface area (Å²) in [6.45, 7) is 9.35. The maximum Gasteiger partial charge on any atom is 0.353 e. The molecule has 0 aliphatic heterocycles. The Morgan fingerprint density at radius 3 is 2.41 bits per heavy atom. The molecule has 0 spiro atoms. The van der Waals surface area contributed by atoms with Gasteiger partial charge in [0.25, 0.3) is 0 Å². The molecule has 2 atom stereocenters. The Balaban J connectivity index is 2.92. The Morgan fingerprint density at radius 1 is 1.36 bits per heavy atom. The zero-order valence-corrected chi connectivity index (χ0v) is 15.6. The van der Waals surface area contributed by atoms with E-state index in [4.69, 9.17) is 18.9 Å². The summed E-state index contributed by atoms with van der Waals surface area (Å²) in [6, 6.07) is 7.07. The van der Waals surface area contributed by atoms with Crippen molar-refractivity contribution in [1.29, 1.82) is 0 Å². The van der Waals surface area contributed by atoms with Crippen molar-refractivity contribution in [1.82, 2.24) is 0 Å². The second-order valence-corrected chi connectivity index (χ2v) is 11.1. The van der Waals surface area contributed by atoms with E-state index < -0.39 is 22.4 Å². The molecule has 0 aliphatic rings. The number of rotatable bonds is 9. The van der Waals surface area contributed by atoms with Crippen molar-refractivity contribution in [3.05, 3.63) is 36.4 Å². The molecule has 0 amide bonds. The van der Waals surface area contributed by atoms with Gasteiger partial charge in [0, 0.05) is 7.11 Å². The van der Waals surface area contributed by atoms with E-state index in [1.165, 1.54) is 7.11 Å². The highest BCUT2D eigenvalue weighted by Gasteiger charge is 2.38. The molecular weight excluding hydrogens is 317 g/mol. The number of hydrogen-bond donors (Lipinski definition) is 1. The summed E-state index contributed by atoms with van der Waals surface area (Å²) in [7, 11) is -4.76. The van der Waals surface area contributed by atoms with E-state index in [1.807, 2.05) is 32.2 Å². The van der Waals surface area contributed by atoms with Gasteiger partial charge in [-0.15, -0.1) is 0 Å². The minimum atomic E-state index is -3.43. The SMILES string of the molecule is C=Cc1ccc(P(=O)(OC)O[Si](C)(C)OC(N)CCC)cc1. The summed E-state index contributed by atoms with van der Waals surface area (Å²) < 4.78 is 29.7. The van der Waals surface area contributed by atoms with E-state index in [0.717, 1.165) is 18.4 Å². The van der Waals surface area contributed by atoms with Crippen LogP contribution >= 0.6 is 7.60 Å². The molecule has 7 heteroatoms. The Kier molecular flexibility index (Phi) is 7.19. The van der Waals surface area contributed by atoms with Gasteiger partial charge in [-0.1, -0.05) is 38.1 Å². The van der Waals surface area contributed by atoms with E-state index in [2.05, 4.69) is 6.58 Å². The maximum absolute atomic E-state index is 13.0. The quantitative estimate of drug-likeness (QED) is 0.421. The van der Waals surface area contributed by atoms with Crippen LogP contribution in [0.1, 0.15) is 25.3 Å². The van der Waals surface area contributed by atoms with E-state index >= 15 is 0 Å². The molecule has 0 saturated heterocycles. The lowest BCUT2D eigenvalue weighted by Crippen LogP contribution is -2.42. The van der Waals surface area contributed by atoms with E-state index in [0.29, 0.717) is 5.30 Å². The number of nitrogens with two attached hydrogens (primary N) is 1. The average molecular weight is 343 g/mol. The third-order valence-electron chi connectivity index (χ3n) is 3.03. The van der Waals surface area contributed by atoms with Crippen LogP contribution in [0.2, 0.25) is 13.1 Å². The topological polar surface area (TPSA) is 70.8 Å². The molecule has 2 unspecified atom stereocenters. The van der Waals surface area contributed by atoms with Gasteiger partial charge in [0.1, 0.15) is 0 Å². The largest absolute Gasteiger partial charge is 0.378 e. The van der Waals surface area contributed by atoms with Crippen LogP contribution in [0.25, 0.3) is 6.08 Å². The number of benzene rings is 1. The first-order valence-corrected chi connectivity index (χ1v) is 11.6. The van der Waals surface area contributed by atoms with Gasteiger partial charge >= 0.3 is 16.2 Å². The predicted molar refractivity (Wildman–Crippen MR) is 93.3 cm³/mol. The van der Waals surface area contributed by atoms with Crippen molar-refractivity contribution < 1.29 is 17.7 Å². The zero-order valence-electron chi connectivity index (χ0n) is 13.7. The molecule has 0 fully saturated rings. The van der Waals surface area contributed by atoms with Gasteiger partial charge in [-0.2, -0.15) is 0 Å². The molecule has 124 valence electrons. The second kappa shape index (κ2) is 8.20. The summed E-state index contributed by atoms with van der Waals surface area (Å²) in [5, 5.41) is 0.494. The molecule has 1 rings (SSSR count). The first kappa shape index (κ1) is 19.3. The van der Waals surface area contributed by atoms with Crippen molar-refractivity contribution in [2.24, 2.45) is 5.73 Å². The van der Waals surface area contributed by atoms with Crippen molar-refractivity contribution in [3.63, 3.8) is 0 Å². The van der Waals surface area contributed by atoms with Crippen molar-refractivity contribution in [2.75, 3.05) is 7.11 Å². The number of hydrogen-bond acceptors (Lipinski definition) is 5. The molecule has 1 aromatic carbocycles. The van der Waals surface area contributed by atoms with Crippen LogP contribution in [-0.4, -0.2) is 21.9 Å². The summed E-state index contributed by atoms with van der Waals surface area (Å²) in [4.78, 5) is 0. The van der Waals surface area contributed by atoms with Crippen molar-refractivity contribution in [2.45, 2.75) is 39.1 Å². The monoisotopic (exact) mass is 343 g/mol. The predicted octanol–water partition coefficient (Wildman–Crippen LogP) is 3.61. The molecule has 0 aromatic heterocycles. The smallest absolute Gasteiger partial charge is 0.353 e. The summed E-state index contributed by atoms with van der Waals surface area (Å²) in [5.41, 5.74) is 6.83. The summed E-state index contributed by atoms with van der Waals surface area (Å²) in [5.74, 6) is 0. The normalized spacial score (nSPS) is 16.0.